The SMILES string of the molecule is CN(CCOCCN)S(=O)(=O)c1cnn(C)c1. The first-order valence-electron chi connectivity index (χ1n) is 5.21. The summed E-state index contributed by atoms with van der Waals surface area (Å²) >= 11 is 0. The summed E-state index contributed by atoms with van der Waals surface area (Å²) in [6, 6.07) is 0. The number of nitrogens with two attached hydrogens (primary N) is 1. The Kier molecular flexibility index (Phi) is 5.06. The molecule has 0 unspecified atom stereocenters. The van der Waals surface area contributed by atoms with Gasteiger partial charge in [0.15, 0.2) is 0 Å². The van der Waals surface area contributed by atoms with Crippen molar-refractivity contribution in [3.63, 3.8) is 0 Å². The maximum Gasteiger partial charge on any atom is 0.246 e. The third-order valence-corrected chi connectivity index (χ3v) is 4.01. The second kappa shape index (κ2) is 6.10. The van der Waals surface area contributed by atoms with Crippen molar-refractivity contribution in [2.24, 2.45) is 12.8 Å². The summed E-state index contributed by atoms with van der Waals surface area (Å²) < 4.78 is 31.8. The molecule has 0 radical (unpaired) electrons. The molecule has 17 heavy (non-hydrogen) atoms. The molecule has 0 bridgehead atoms. The van der Waals surface area contributed by atoms with Gasteiger partial charge in [0.05, 0.1) is 19.4 Å². The van der Waals surface area contributed by atoms with E-state index in [1.807, 2.05) is 0 Å². The van der Waals surface area contributed by atoms with Gasteiger partial charge >= 0.3 is 0 Å². The summed E-state index contributed by atoms with van der Waals surface area (Å²) in [5.41, 5.74) is 5.26. The van der Waals surface area contributed by atoms with Crippen LogP contribution in [0.1, 0.15) is 0 Å². The number of hydrogen-bond donors (Lipinski definition) is 1. The van der Waals surface area contributed by atoms with E-state index < -0.39 is 10.0 Å². The maximum absolute atomic E-state index is 12.0. The Morgan fingerprint density at radius 3 is 2.76 bits per heavy atom. The van der Waals surface area contributed by atoms with Crippen LogP contribution in [0.3, 0.4) is 0 Å². The number of nitrogens with zero attached hydrogens (tertiary/aromatic N) is 3. The molecule has 2 N–H and O–H groups in total. The van der Waals surface area contributed by atoms with Crippen molar-refractivity contribution in [2.75, 3.05) is 33.4 Å². The molecule has 1 aromatic heterocycles. The first kappa shape index (κ1) is 14.1. The van der Waals surface area contributed by atoms with Crippen molar-refractivity contribution in [3.05, 3.63) is 12.4 Å². The number of rotatable bonds is 7. The molecule has 7 nitrogen and oxygen atoms in total. The minimum absolute atomic E-state index is 0.182. The van der Waals surface area contributed by atoms with Gasteiger partial charge in [-0.2, -0.15) is 9.40 Å². The first-order chi connectivity index (χ1) is 7.98. The molecule has 0 amide bonds. The summed E-state index contributed by atoms with van der Waals surface area (Å²) in [5.74, 6) is 0. The highest BCUT2D eigenvalue weighted by molar-refractivity contribution is 7.89. The summed E-state index contributed by atoms with van der Waals surface area (Å²) in [4.78, 5) is 0.182. The fourth-order valence-electron chi connectivity index (χ4n) is 1.21. The Balaban J connectivity index is 2.58. The van der Waals surface area contributed by atoms with Crippen molar-refractivity contribution in [2.45, 2.75) is 4.90 Å². The van der Waals surface area contributed by atoms with Gasteiger partial charge in [-0.25, -0.2) is 8.42 Å². The maximum atomic E-state index is 12.0. The minimum atomic E-state index is -3.47. The zero-order valence-electron chi connectivity index (χ0n) is 10.0. The van der Waals surface area contributed by atoms with Gasteiger partial charge in [0, 0.05) is 33.4 Å². The average molecular weight is 262 g/mol. The molecule has 0 aliphatic rings. The Morgan fingerprint density at radius 2 is 2.24 bits per heavy atom. The number of sulfonamides is 1. The standard InChI is InChI=1S/C9H18N4O3S/c1-12-8-9(7-11-12)17(14,15)13(2)4-6-16-5-3-10/h7-8H,3-6,10H2,1-2H3. The van der Waals surface area contributed by atoms with Crippen molar-refractivity contribution in [3.8, 4) is 0 Å². The molecule has 0 aliphatic heterocycles. The van der Waals surface area contributed by atoms with Gasteiger partial charge in [0.25, 0.3) is 0 Å². The van der Waals surface area contributed by atoms with Crippen molar-refractivity contribution in [1.82, 2.24) is 14.1 Å². The second-order valence-corrected chi connectivity index (χ2v) is 5.62. The van der Waals surface area contributed by atoms with Crippen LogP contribution in [-0.4, -0.2) is 55.9 Å². The summed E-state index contributed by atoms with van der Waals surface area (Å²) in [6.07, 6.45) is 2.79. The predicted octanol–water partition coefficient (Wildman–Crippen LogP) is -0.984. The van der Waals surface area contributed by atoms with E-state index in [1.54, 1.807) is 7.05 Å². The van der Waals surface area contributed by atoms with E-state index >= 15 is 0 Å². The molecule has 0 spiro atoms. The molecule has 1 aromatic rings. The van der Waals surface area contributed by atoms with Crippen LogP contribution in [0.5, 0.6) is 0 Å². The van der Waals surface area contributed by atoms with E-state index in [-0.39, 0.29) is 11.4 Å². The fourth-order valence-corrected chi connectivity index (χ4v) is 2.35. The van der Waals surface area contributed by atoms with Crippen LogP contribution in [0.4, 0.5) is 0 Å². The van der Waals surface area contributed by atoms with Crippen molar-refractivity contribution >= 4 is 10.0 Å². The van der Waals surface area contributed by atoms with Crippen LogP contribution in [0.15, 0.2) is 17.3 Å². The molecule has 0 fully saturated rings. The second-order valence-electron chi connectivity index (χ2n) is 3.58. The summed E-state index contributed by atoms with van der Waals surface area (Å²) in [7, 11) is -0.288. The van der Waals surface area contributed by atoms with Gasteiger partial charge in [-0.05, 0) is 0 Å². The third-order valence-electron chi connectivity index (χ3n) is 2.20. The highest BCUT2D eigenvalue weighted by Gasteiger charge is 2.21. The Morgan fingerprint density at radius 1 is 1.53 bits per heavy atom. The Bertz CT molecular complexity index is 443. The number of aryl methyl sites for hydroxylation is 1. The lowest BCUT2D eigenvalue weighted by Gasteiger charge is -2.15. The molecule has 1 rings (SSSR count). The van der Waals surface area contributed by atoms with E-state index in [0.29, 0.717) is 19.8 Å². The molecule has 98 valence electrons. The summed E-state index contributed by atoms with van der Waals surface area (Å²) in [5, 5.41) is 3.84. The number of ether oxygens (including phenoxy) is 1. The number of hydrogen-bond acceptors (Lipinski definition) is 5. The van der Waals surface area contributed by atoms with Crippen LogP contribution in [0.25, 0.3) is 0 Å². The topological polar surface area (TPSA) is 90.4 Å². The molecule has 1 heterocycles. The highest BCUT2D eigenvalue weighted by atomic mass is 32.2. The third kappa shape index (κ3) is 3.77. The van der Waals surface area contributed by atoms with Gasteiger partial charge < -0.3 is 10.5 Å². The van der Waals surface area contributed by atoms with Crippen LogP contribution >= 0.6 is 0 Å². The highest BCUT2D eigenvalue weighted by Crippen LogP contribution is 2.12. The fraction of sp³-hybridized carbons (Fsp3) is 0.667. The van der Waals surface area contributed by atoms with Crippen LogP contribution in [-0.2, 0) is 21.8 Å². The summed E-state index contributed by atoms with van der Waals surface area (Å²) in [6.45, 7) is 1.48. The molecular formula is C9H18N4O3S. The van der Waals surface area contributed by atoms with Crippen molar-refractivity contribution in [1.29, 1.82) is 0 Å². The smallest absolute Gasteiger partial charge is 0.246 e. The lowest BCUT2D eigenvalue weighted by atomic mass is 10.6. The molecule has 0 aliphatic carbocycles. The molecule has 0 saturated carbocycles. The monoisotopic (exact) mass is 262 g/mol. The zero-order chi connectivity index (χ0) is 12.9. The largest absolute Gasteiger partial charge is 0.379 e. The van der Waals surface area contributed by atoms with E-state index in [0.717, 1.165) is 0 Å². The normalized spacial score (nSPS) is 12.2. The first-order valence-corrected chi connectivity index (χ1v) is 6.65. The van der Waals surface area contributed by atoms with Gasteiger partial charge in [0.2, 0.25) is 10.0 Å². The van der Waals surface area contributed by atoms with Gasteiger partial charge in [-0.1, -0.05) is 0 Å². The van der Waals surface area contributed by atoms with E-state index in [1.165, 1.54) is 28.4 Å². The zero-order valence-corrected chi connectivity index (χ0v) is 10.9. The molecule has 0 atom stereocenters. The van der Waals surface area contributed by atoms with Gasteiger partial charge in [-0.15, -0.1) is 0 Å². The minimum Gasteiger partial charge on any atom is -0.379 e. The molecule has 0 saturated heterocycles. The van der Waals surface area contributed by atoms with E-state index in [2.05, 4.69) is 5.10 Å². The molecule has 8 heteroatoms. The quantitative estimate of drug-likeness (QED) is 0.638. The van der Waals surface area contributed by atoms with E-state index in [4.69, 9.17) is 10.5 Å². The van der Waals surface area contributed by atoms with Crippen LogP contribution in [0.2, 0.25) is 0 Å². The molecular weight excluding hydrogens is 244 g/mol. The number of likely N-dealkylation sites (N-methyl/N-ethyl adjacent to an activating group) is 1. The average Bonchev–Trinajstić information content (AvgIpc) is 2.71. The Hall–Kier alpha value is -0.960. The van der Waals surface area contributed by atoms with Gasteiger partial charge in [0.1, 0.15) is 4.90 Å². The predicted molar refractivity (Wildman–Crippen MR) is 62.9 cm³/mol. The number of aromatic nitrogens is 2. The lowest BCUT2D eigenvalue weighted by Crippen LogP contribution is -2.30. The Labute approximate surface area is 101 Å². The van der Waals surface area contributed by atoms with Crippen molar-refractivity contribution < 1.29 is 13.2 Å². The van der Waals surface area contributed by atoms with E-state index in [9.17, 15) is 8.42 Å². The molecule has 0 aromatic carbocycles. The van der Waals surface area contributed by atoms with Crippen LogP contribution < -0.4 is 5.73 Å². The van der Waals surface area contributed by atoms with Crippen LogP contribution in [0, 0.1) is 0 Å². The van der Waals surface area contributed by atoms with Gasteiger partial charge in [-0.3, -0.25) is 4.68 Å². The lowest BCUT2D eigenvalue weighted by molar-refractivity contribution is 0.133.